The van der Waals surface area contributed by atoms with E-state index in [1.165, 1.54) is 77.6 Å². The van der Waals surface area contributed by atoms with Gasteiger partial charge in [-0.05, 0) is 218 Å². The Kier molecular flexibility index (Phi) is 18.1. The molecule has 0 atom stereocenters. The maximum Gasteiger partial charge on any atom is 0.252 e. The number of hydrogen-bond acceptors (Lipinski definition) is 6. The van der Waals surface area contributed by atoms with Gasteiger partial charge in [-0.25, -0.2) is 15.0 Å². The fourth-order valence-corrected chi connectivity index (χ4v) is 17.1. The van der Waals surface area contributed by atoms with Crippen molar-refractivity contribution in [1.82, 2.24) is 19.5 Å². The Morgan fingerprint density at radius 3 is 1.03 bits per heavy atom. The van der Waals surface area contributed by atoms with Crippen LogP contribution in [0.15, 0.2) is 309 Å². The summed E-state index contributed by atoms with van der Waals surface area (Å²) in [5.41, 5.74) is 33.6. The Balaban J connectivity index is 0.924. The van der Waals surface area contributed by atoms with E-state index in [0.717, 1.165) is 95.0 Å². The molecule has 0 aliphatic carbocycles. The van der Waals surface area contributed by atoms with Gasteiger partial charge in [-0.15, -0.1) is 0 Å². The monoisotopic (exact) mass is 1500 g/mol. The van der Waals surface area contributed by atoms with E-state index in [1.54, 1.807) is 0 Å². The summed E-state index contributed by atoms with van der Waals surface area (Å²) >= 11 is 0. The van der Waals surface area contributed by atoms with Crippen molar-refractivity contribution < 1.29 is 0 Å². The van der Waals surface area contributed by atoms with Crippen LogP contribution in [0.5, 0.6) is 0 Å². The van der Waals surface area contributed by atoms with Crippen LogP contribution in [0.1, 0.15) is 137 Å². The molecule has 4 heterocycles. The van der Waals surface area contributed by atoms with Crippen molar-refractivity contribution in [3.8, 4) is 102 Å². The second kappa shape index (κ2) is 28.2. The van der Waals surface area contributed by atoms with E-state index in [-0.39, 0.29) is 33.8 Å². The highest BCUT2D eigenvalue weighted by atomic mass is 15.2. The van der Waals surface area contributed by atoms with Crippen LogP contribution >= 0.6 is 0 Å². The maximum atomic E-state index is 10.8. The SMILES string of the molecule is CC(C)(C)c1cc(-c2ccc3c(c2)B2c4cc(-c5cc(C(C)(C)C)cc(C(C)(C)C)c5)ccc4N(c4ccc(-c5ccccc5)cc4)c4cc(-c5ccc6c(c5)c5cc(C(C)(C)C)ccc5n6-c5ccc(C#N)cc5-c5nc(-c6ccccc6)nc(-c6ccccc6)n5)cc(c42)N3c2ccc(-c3ccccc3)cc2)cc(C(C)(C)C)c1. The predicted octanol–water partition coefficient (Wildman–Crippen LogP) is 26.7. The summed E-state index contributed by atoms with van der Waals surface area (Å²) in [5.74, 6) is 1.55. The van der Waals surface area contributed by atoms with E-state index in [2.05, 4.69) is 361 Å². The molecule has 566 valence electrons. The first-order valence-corrected chi connectivity index (χ1v) is 40.8. The van der Waals surface area contributed by atoms with Crippen molar-refractivity contribution in [2.75, 3.05) is 9.80 Å². The predicted molar refractivity (Wildman–Crippen MR) is 490 cm³/mol. The molecule has 0 spiro atoms. The molecule has 0 fully saturated rings. The van der Waals surface area contributed by atoms with E-state index in [9.17, 15) is 5.26 Å². The molecule has 14 aromatic carbocycles. The maximum absolute atomic E-state index is 10.8. The van der Waals surface area contributed by atoms with E-state index >= 15 is 0 Å². The number of anilines is 6. The van der Waals surface area contributed by atoms with Crippen LogP contribution in [-0.4, -0.2) is 26.2 Å². The lowest BCUT2D eigenvalue weighted by Crippen LogP contribution is -2.61. The molecule has 18 rings (SSSR count). The molecule has 0 saturated heterocycles. The molecule has 0 amide bonds. The topological polar surface area (TPSA) is 73.9 Å². The molecule has 0 N–H and O–H groups in total. The van der Waals surface area contributed by atoms with Crippen molar-refractivity contribution in [1.29, 1.82) is 5.26 Å². The standard InChI is InChI=1S/C108H96BN7/c1-104(2,3)81-44-53-94-89(66-81)88-59-75(41-50-93(88)116(94)95-49-36-68(67-110)54-90(95)103-112-101(73-32-24-18-25-33-73)111-102(113-103)74-34-26-19-27-35-74)80-62-98-100-99(63-80)115(87-47-39-72(40-48-87)70-30-22-17-23-31-70)97-52-43-77(79-57-84(107(10,11)12)65-85(58-79)108(13,14)15)61-92(97)109(100)91-60-76(78-55-82(105(4,5)6)64-83(56-78)106(7,8)9)42-51-96(91)114(98)86-45-37-71(38-46-86)69-28-20-16-21-29-69/h16-66H,1-15H3. The molecule has 16 aromatic rings. The second-order valence-corrected chi connectivity index (χ2v) is 36.9. The van der Waals surface area contributed by atoms with Gasteiger partial charge < -0.3 is 14.4 Å². The van der Waals surface area contributed by atoms with Gasteiger partial charge in [0.25, 0.3) is 6.71 Å². The molecule has 0 unspecified atom stereocenters. The third kappa shape index (κ3) is 13.7. The molecule has 0 bridgehead atoms. The van der Waals surface area contributed by atoms with E-state index < -0.39 is 0 Å². The Morgan fingerprint density at radius 1 is 0.267 bits per heavy atom. The number of fused-ring (bicyclic) bond motifs is 7. The number of nitriles is 1. The highest BCUT2D eigenvalue weighted by molar-refractivity contribution is 7.00. The summed E-state index contributed by atoms with van der Waals surface area (Å²) in [6.45, 7) is 34.7. The smallest absolute Gasteiger partial charge is 0.252 e. The second-order valence-electron chi connectivity index (χ2n) is 36.9. The van der Waals surface area contributed by atoms with Crippen molar-refractivity contribution in [2.45, 2.75) is 131 Å². The summed E-state index contributed by atoms with van der Waals surface area (Å²) < 4.78 is 2.36. The number of aromatic nitrogens is 4. The lowest BCUT2D eigenvalue weighted by Gasteiger charge is -2.45. The lowest BCUT2D eigenvalue weighted by molar-refractivity contribution is 0.568. The zero-order chi connectivity index (χ0) is 80.5. The fourth-order valence-electron chi connectivity index (χ4n) is 17.1. The molecule has 0 saturated carbocycles. The van der Waals surface area contributed by atoms with Gasteiger partial charge in [0.2, 0.25) is 0 Å². The van der Waals surface area contributed by atoms with Gasteiger partial charge in [0, 0.05) is 61.6 Å². The summed E-state index contributed by atoms with van der Waals surface area (Å²) in [4.78, 5) is 20.9. The third-order valence-electron chi connectivity index (χ3n) is 23.8. The van der Waals surface area contributed by atoms with Crippen LogP contribution in [-0.2, 0) is 27.1 Å². The lowest BCUT2D eigenvalue weighted by atomic mass is 9.33. The largest absolute Gasteiger partial charge is 0.311 e. The van der Waals surface area contributed by atoms with Gasteiger partial charge in [0.05, 0.1) is 28.4 Å². The molecule has 2 aromatic heterocycles. The van der Waals surface area contributed by atoms with Crippen molar-refractivity contribution in [3.05, 3.63) is 343 Å². The highest BCUT2D eigenvalue weighted by Crippen LogP contribution is 2.50. The highest BCUT2D eigenvalue weighted by Gasteiger charge is 2.45. The molecular weight excluding hydrogens is 1410 g/mol. The van der Waals surface area contributed by atoms with Gasteiger partial charge in [-0.2, -0.15) is 5.26 Å². The Hall–Kier alpha value is -13.0. The van der Waals surface area contributed by atoms with Crippen molar-refractivity contribution in [2.24, 2.45) is 0 Å². The summed E-state index contributed by atoms with van der Waals surface area (Å²) in [7, 11) is 0. The first-order chi connectivity index (χ1) is 55.6. The number of nitrogens with zero attached hydrogens (tertiary/aromatic N) is 7. The Labute approximate surface area is 684 Å². The first-order valence-electron chi connectivity index (χ1n) is 40.8. The summed E-state index contributed by atoms with van der Waals surface area (Å²) in [6, 6.07) is 117. The zero-order valence-corrected chi connectivity index (χ0v) is 69.2. The Morgan fingerprint density at radius 2 is 0.612 bits per heavy atom. The average Bonchev–Trinajstić information content (AvgIpc) is 0.765. The summed E-state index contributed by atoms with van der Waals surface area (Å²) in [6.07, 6.45) is 0. The fraction of sp³-hybridized carbons (Fsp3) is 0.185. The Bertz CT molecular complexity index is 6220. The normalized spacial score (nSPS) is 12.9. The molecule has 8 heteroatoms. The van der Waals surface area contributed by atoms with E-state index in [4.69, 9.17) is 15.0 Å². The molecule has 7 nitrogen and oxygen atoms in total. The minimum Gasteiger partial charge on any atom is -0.311 e. The molecule has 2 aliphatic heterocycles. The van der Waals surface area contributed by atoms with Crippen LogP contribution in [0.3, 0.4) is 0 Å². The summed E-state index contributed by atoms with van der Waals surface area (Å²) in [5, 5.41) is 13.0. The number of benzene rings is 14. The minimum absolute atomic E-state index is 0.0973. The van der Waals surface area contributed by atoms with Gasteiger partial charge >= 0.3 is 0 Å². The van der Waals surface area contributed by atoms with E-state index in [1.807, 2.05) is 72.8 Å². The third-order valence-corrected chi connectivity index (χ3v) is 23.8. The molecule has 2 aliphatic rings. The van der Waals surface area contributed by atoms with Gasteiger partial charge in [-0.1, -0.05) is 322 Å². The first kappa shape index (κ1) is 74.5. The molecule has 116 heavy (non-hydrogen) atoms. The van der Waals surface area contributed by atoms with E-state index in [0.29, 0.717) is 28.6 Å². The van der Waals surface area contributed by atoms with Crippen LogP contribution in [0.2, 0.25) is 0 Å². The van der Waals surface area contributed by atoms with Crippen LogP contribution in [0.25, 0.3) is 117 Å². The molecular formula is C108H96BN7. The van der Waals surface area contributed by atoms with Crippen LogP contribution in [0, 0.1) is 11.3 Å². The van der Waals surface area contributed by atoms with Gasteiger partial charge in [0.1, 0.15) is 0 Å². The quantitative estimate of drug-likeness (QED) is 0.120. The zero-order valence-electron chi connectivity index (χ0n) is 69.2. The number of hydrogen-bond donors (Lipinski definition) is 0. The van der Waals surface area contributed by atoms with Crippen molar-refractivity contribution >= 4 is 79.0 Å². The van der Waals surface area contributed by atoms with Gasteiger partial charge in [0.15, 0.2) is 17.5 Å². The van der Waals surface area contributed by atoms with Crippen LogP contribution < -0.4 is 26.2 Å². The number of rotatable bonds is 11. The molecule has 0 radical (unpaired) electrons. The van der Waals surface area contributed by atoms with Crippen molar-refractivity contribution in [3.63, 3.8) is 0 Å². The van der Waals surface area contributed by atoms with Gasteiger partial charge in [-0.3, -0.25) is 0 Å². The average molecular weight is 1500 g/mol. The van der Waals surface area contributed by atoms with Crippen LogP contribution in [0.4, 0.5) is 34.1 Å². The minimum atomic E-state index is -0.241.